The first-order valence-corrected chi connectivity index (χ1v) is 8.49. The van der Waals surface area contributed by atoms with Gasteiger partial charge in [0.05, 0.1) is 5.02 Å². The second-order valence-corrected chi connectivity index (χ2v) is 6.31. The molecule has 4 nitrogen and oxygen atoms in total. The smallest absolute Gasteiger partial charge is 0.387 e. The highest BCUT2D eigenvalue weighted by Gasteiger charge is 2.07. The van der Waals surface area contributed by atoms with Crippen molar-refractivity contribution in [2.75, 3.05) is 13.2 Å². The summed E-state index contributed by atoms with van der Waals surface area (Å²) in [6.45, 7) is -2.60. The minimum Gasteiger partial charge on any atom is -0.482 e. The molecule has 0 saturated carbocycles. The lowest BCUT2D eigenvalue weighted by Crippen LogP contribution is -2.30. The number of amides is 1. The molecule has 0 heterocycles. The molecule has 0 spiro atoms. The molecule has 8 heteroatoms. The van der Waals surface area contributed by atoms with E-state index in [9.17, 15) is 13.6 Å². The van der Waals surface area contributed by atoms with E-state index in [2.05, 4.69) is 26.0 Å². The minimum atomic E-state index is -2.84. The normalized spacial score (nSPS) is 10.6. The second kappa shape index (κ2) is 9.58. The number of ether oxygens (including phenoxy) is 2. The van der Waals surface area contributed by atoms with Gasteiger partial charge in [-0.05, 0) is 42.3 Å². The predicted octanol–water partition coefficient (Wildman–Crippen LogP) is 4.44. The average Bonchev–Trinajstić information content (AvgIpc) is 2.55. The summed E-state index contributed by atoms with van der Waals surface area (Å²) in [5, 5.41) is 3.12. The van der Waals surface area contributed by atoms with Crippen LogP contribution in [0.1, 0.15) is 5.56 Å². The van der Waals surface area contributed by atoms with Crippen LogP contribution in [0.3, 0.4) is 0 Å². The van der Waals surface area contributed by atoms with E-state index in [4.69, 9.17) is 16.3 Å². The van der Waals surface area contributed by atoms with E-state index in [0.29, 0.717) is 23.7 Å². The van der Waals surface area contributed by atoms with Gasteiger partial charge in [0.2, 0.25) is 0 Å². The number of rotatable bonds is 8. The van der Waals surface area contributed by atoms with Crippen molar-refractivity contribution in [2.45, 2.75) is 13.0 Å². The molecule has 1 N–H and O–H groups in total. The Kier molecular flexibility index (Phi) is 7.46. The quantitative estimate of drug-likeness (QED) is 0.668. The van der Waals surface area contributed by atoms with Crippen molar-refractivity contribution in [3.63, 3.8) is 0 Å². The van der Waals surface area contributed by atoms with Crippen LogP contribution in [0.25, 0.3) is 0 Å². The van der Waals surface area contributed by atoms with Gasteiger partial charge in [-0.2, -0.15) is 8.78 Å². The van der Waals surface area contributed by atoms with Crippen molar-refractivity contribution in [1.29, 1.82) is 0 Å². The fourth-order valence-corrected chi connectivity index (χ4v) is 2.70. The van der Waals surface area contributed by atoms with Crippen LogP contribution in [0.2, 0.25) is 5.02 Å². The van der Waals surface area contributed by atoms with E-state index in [-0.39, 0.29) is 18.3 Å². The molecule has 0 aliphatic heterocycles. The number of carbonyl (C=O) groups excluding carboxylic acids is 1. The zero-order valence-electron chi connectivity index (χ0n) is 13.0. The Labute approximate surface area is 157 Å². The summed E-state index contributed by atoms with van der Waals surface area (Å²) >= 11 is 9.28. The van der Waals surface area contributed by atoms with Gasteiger partial charge in [0, 0.05) is 11.0 Å². The third kappa shape index (κ3) is 6.88. The van der Waals surface area contributed by atoms with E-state index in [1.807, 2.05) is 0 Å². The van der Waals surface area contributed by atoms with Gasteiger partial charge in [0.15, 0.2) is 6.61 Å². The largest absolute Gasteiger partial charge is 0.482 e. The molecule has 0 bridgehead atoms. The number of hydrogen-bond donors (Lipinski definition) is 1. The average molecular weight is 435 g/mol. The number of halogens is 4. The molecule has 0 saturated heterocycles. The first kappa shape index (κ1) is 19.5. The zero-order valence-corrected chi connectivity index (χ0v) is 15.3. The van der Waals surface area contributed by atoms with Crippen LogP contribution >= 0.6 is 27.5 Å². The minimum absolute atomic E-state index is 0.0996. The number of benzene rings is 2. The molecule has 2 aromatic carbocycles. The highest BCUT2D eigenvalue weighted by molar-refractivity contribution is 9.10. The Morgan fingerprint density at radius 1 is 1.20 bits per heavy atom. The summed E-state index contributed by atoms with van der Waals surface area (Å²) in [4.78, 5) is 11.8. The maximum atomic E-state index is 12.1. The van der Waals surface area contributed by atoms with Crippen LogP contribution < -0.4 is 14.8 Å². The molecule has 2 rings (SSSR count). The van der Waals surface area contributed by atoms with Crippen LogP contribution in [0.5, 0.6) is 11.5 Å². The van der Waals surface area contributed by atoms with Crippen LogP contribution in [0.4, 0.5) is 8.78 Å². The van der Waals surface area contributed by atoms with Gasteiger partial charge in [-0.1, -0.05) is 39.7 Å². The number of alkyl halides is 2. The van der Waals surface area contributed by atoms with Crippen LogP contribution in [-0.2, 0) is 11.2 Å². The zero-order chi connectivity index (χ0) is 18.2. The summed E-state index contributed by atoms with van der Waals surface area (Å²) in [7, 11) is 0. The van der Waals surface area contributed by atoms with Gasteiger partial charge >= 0.3 is 6.61 Å². The Morgan fingerprint density at radius 2 is 1.92 bits per heavy atom. The SMILES string of the molecule is O=C(COc1ccc(Br)cc1Cl)NCCc1ccc(OC(F)F)cc1. The molecule has 2 aromatic rings. The number of hydrogen-bond acceptors (Lipinski definition) is 3. The topological polar surface area (TPSA) is 47.6 Å². The van der Waals surface area contributed by atoms with Gasteiger partial charge in [-0.3, -0.25) is 4.79 Å². The molecule has 0 aliphatic rings. The summed E-state index contributed by atoms with van der Waals surface area (Å²) in [6.07, 6.45) is 0.555. The Balaban J connectivity index is 1.71. The summed E-state index contributed by atoms with van der Waals surface area (Å²) in [6, 6.07) is 11.4. The van der Waals surface area contributed by atoms with Gasteiger partial charge < -0.3 is 14.8 Å². The molecule has 0 unspecified atom stereocenters. The highest BCUT2D eigenvalue weighted by atomic mass is 79.9. The molecular weight excluding hydrogens is 420 g/mol. The van der Waals surface area contributed by atoms with Crippen LogP contribution in [-0.4, -0.2) is 25.7 Å². The Bertz CT molecular complexity index is 714. The molecule has 0 radical (unpaired) electrons. The molecule has 0 atom stereocenters. The third-order valence-corrected chi connectivity index (χ3v) is 3.93. The monoisotopic (exact) mass is 433 g/mol. The van der Waals surface area contributed by atoms with E-state index in [0.717, 1.165) is 10.0 Å². The standard InChI is InChI=1S/C17H15BrClF2NO3/c18-12-3-6-15(14(19)9-12)24-10-16(23)22-8-7-11-1-4-13(5-2-11)25-17(20)21/h1-6,9,17H,7-8,10H2,(H,22,23). The van der Waals surface area contributed by atoms with E-state index >= 15 is 0 Å². The van der Waals surface area contributed by atoms with E-state index in [1.165, 1.54) is 12.1 Å². The van der Waals surface area contributed by atoms with Crippen LogP contribution in [0.15, 0.2) is 46.9 Å². The first-order valence-electron chi connectivity index (χ1n) is 7.32. The highest BCUT2D eigenvalue weighted by Crippen LogP contribution is 2.27. The van der Waals surface area contributed by atoms with Crippen molar-refractivity contribution in [1.82, 2.24) is 5.32 Å². The number of carbonyl (C=O) groups is 1. The van der Waals surface area contributed by atoms with E-state index < -0.39 is 6.61 Å². The maximum Gasteiger partial charge on any atom is 0.387 e. The van der Waals surface area contributed by atoms with Crippen molar-refractivity contribution in [3.8, 4) is 11.5 Å². The second-order valence-electron chi connectivity index (χ2n) is 4.99. The third-order valence-electron chi connectivity index (χ3n) is 3.14. The van der Waals surface area contributed by atoms with Gasteiger partial charge in [0.1, 0.15) is 11.5 Å². The van der Waals surface area contributed by atoms with Gasteiger partial charge in [-0.15, -0.1) is 0 Å². The fraction of sp³-hybridized carbons (Fsp3) is 0.235. The molecular formula is C17H15BrClF2NO3. The molecule has 0 fully saturated rings. The Hall–Kier alpha value is -1.86. The van der Waals surface area contributed by atoms with Gasteiger partial charge in [-0.25, -0.2) is 0 Å². The maximum absolute atomic E-state index is 12.1. The lowest BCUT2D eigenvalue weighted by molar-refractivity contribution is -0.123. The van der Waals surface area contributed by atoms with Crippen LogP contribution in [0, 0.1) is 0 Å². The lowest BCUT2D eigenvalue weighted by Gasteiger charge is -2.09. The summed E-state index contributed by atoms with van der Waals surface area (Å²) in [5.41, 5.74) is 0.888. The molecule has 0 aromatic heterocycles. The molecule has 1 amide bonds. The predicted molar refractivity (Wildman–Crippen MR) is 94.4 cm³/mol. The fourth-order valence-electron chi connectivity index (χ4n) is 1.97. The summed E-state index contributed by atoms with van der Waals surface area (Å²) in [5.74, 6) is 0.244. The first-order chi connectivity index (χ1) is 11.9. The lowest BCUT2D eigenvalue weighted by atomic mass is 10.1. The van der Waals surface area contributed by atoms with Gasteiger partial charge in [0.25, 0.3) is 5.91 Å². The molecule has 134 valence electrons. The van der Waals surface area contributed by atoms with Crippen molar-refractivity contribution >= 4 is 33.4 Å². The van der Waals surface area contributed by atoms with Crippen molar-refractivity contribution < 1.29 is 23.0 Å². The molecule has 0 aliphatic carbocycles. The van der Waals surface area contributed by atoms with E-state index in [1.54, 1.807) is 30.3 Å². The molecule has 25 heavy (non-hydrogen) atoms. The Morgan fingerprint density at radius 3 is 2.56 bits per heavy atom. The van der Waals surface area contributed by atoms with Crippen molar-refractivity contribution in [2.24, 2.45) is 0 Å². The van der Waals surface area contributed by atoms with Crippen molar-refractivity contribution in [3.05, 3.63) is 57.5 Å². The summed E-state index contributed by atoms with van der Waals surface area (Å²) < 4.78 is 34.6. The number of nitrogens with one attached hydrogen (secondary N) is 1.